The van der Waals surface area contributed by atoms with Crippen LogP contribution in [-0.4, -0.2) is 80.8 Å². The van der Waals surface area contributed by atoms with Crippen LogP contribution in [0.15, 0.2) is 29.3 Å². The van der Waals surface area contributed by atoms with Gasteiger partial charge < -0.3 is 20.3 Å². The van der Waals surface area contributed by atoms with E-state index in [1.165, 1.54) is 12.1 Å². The third-order valence-corrected chi connectivity index (χ3v) is 4.62. The van der Waals surface area contributed by atoms with Crippen LogP contribution in [0.5, 0.6) is 5.75 Å². The molecule has 2 N–H and O–H groups in total. The van der Waals surface area contributed by atoms with Gasteiger partial charge >= 0.3 is 0 Å². The highest BCUT2D eigenvalue weighted by molar-refractivity contribution is 14.0. The molecule has 160 valence electrons. The molecule has 1 aliphatic heterocycles. The summed E-state index contributed by atoms with van der Waals surface area (Å²) < 4.78 is 19.0. The minimum absolute atomic E-state index is 0. The summed E-state index contributed by atoms with van der Waals surface area (Å²) in [7, 11) is 0. The van der Waals surface area contributed by atoms with Crippen LogP contribution in [0.2, 0.25) is 0 Å². The molecule has 0 bridgehead atoms. The van der Waals surface area contributed by atoms with Gasteiger partial charge in [-0.15, -0.1) is 24.0 Å². The Morgan fingerprint density at radius 3 is 2.54 bits per heavy atom. The first kappa shape index (κ1) is 24.9. The second-order valence-electron chi connectivity index (χ2n) is 6.81. The second-order valence-corrected chi connectivity index (χ2v) is 6.81. The Labute approximate surface area is 185 Å². The predicted octanol–water partition coefficient (Wildman–Crippen LogP) is 2.40. The minimum atomic E-state index is -0.294. The zero-order valence-corrected chi connectivity index (χ0v) is 19.6. The van der Waals surface area contributed by atoms with Gasteiger partial charge in [0.25, 0.3) is 0 Å². The highest BCUT2D eigenvalue weighted by Gasteiger charge is 2.14. The van der Waals surface area contributed by atoms with Crippen LogP contribution in [0.1, 0.15) is 20.8 Å². The van der Waals surface area contributed by atoms with Gasteiger partial charge in [-0.25, -0.2) is 9.38 Å². The number of aliphatic imine (C=N–C) groups is 1. The molecule has 2 rings (SSSR count). The van der Waals surface area contributed by atoms with E-state index in [0.717, 1.165) is 58.3 Å². The Bertz CT molecular complexity index is 581. The zero-order valence-electron chi connectivity index (χ0n) is 17.3. The molecule has 1 unspecified atom stereocenters. The normalized spacial score (nSPS) is 16.9. The van der Waals surface area contributed by atoms with Gasteiger partial charge in [-0.05, 0) is 32.5 Å². The lowest BCUT2D eigenvalue weighted by Crippen LogP contribution is -2.49. The molecule has 1 aromatic carbocycles. The van der Waals surface area contributed by atoms with E-state index in [1.54, 1.807) is 12.1 Å². The number of ether oxygens (including phenoxy) is 1. The zero-order chi connectivity index (χ0) is 19.5. The summed E-state index contributed by atoms with van der Waals surface area (Å²) in [4.78, 5) is 9.56. The Morgan fingerprint density at radius 2 is 1.89 bits per heavy atom. The van der Waals surface area contributed by atoms with Crippen LogP contribution in [-0.2, 0) is 0 Å². The Hall–Kier alpha value is -1.13. The van der Waals surface area contributed by atoms with Crippen molar-refractivity contribution in [3.8, 4) is 5.75 Å². The van der Waals surface area contributed by atoms with E-state index in [0.29, 0.717) is 12.3 Å². The molecule has 0 saturated carbocycles. The number of piperazine rings is 1. The van der Waals surface area contributed by atoms with E-state index in [9.17, 15) is 4.39 Å². The summed E-state index contributed by atoms with van der Waals surface area (Å²) in [6, 6.07) is 6.20. The van der Waals surface area contributed by atoms with Crippen LogP contribution in [0, 0.1) is 5.82 Å². The fourth-order valence-electron chi connectivity index (χ4n) is 3.03. The molecule has 0 amide bonds. The van der Waals surface area contributed by atoms with Gasteiger partial charge in [0, 0.05) is 51.9 Å². The molecule has 1 atom stereocenters. The molecule has 1 saturated heterocycles. The Balaban J connectivity index is 0.00000392. The number of hydrogen-bond acceptors (Lipinski definition) is 4. The quantitative estimate of drug-likeness (QED) is 0.306. The number of hydrogen-bond donors (Lipinski definition) is 2. The molecule has 1 aliphatic rings. The summed E-state index contributed by atoms with van der Waals surface area (Å²) in [5.41, 5.74) is 0. The molecule has 0 spiro atoms. The first-order chi connectivity index (χ1) is 13.1. The lowest BCUT2D eigenvalue weighted by molar-refractivity contribution is 0.139. The van der Waals surface area contributed by atoms with Crippen molar-refractivity contribution in [2.75, 3.05) is 58.9 Å². The monoisotopic (exact) mass is 507 g/mol. The molecule has 0 aromatic heterocycles. The van der Waals surface area contributed by atoms with E-state index in [-0.39, 0.29) is 35.9 Å². The summed E-state index contributed by atoms with van der Waals surface area (Å²) >= 11 is 0. The third kappa shape index (κ3) is 9.38. The van der Waals surface area contributed by atoms with E-state index >= 15 is 0 Å². The van der Waals surface area contributed by atoms with E-state index in [4.69, 9.17) is 4.74 Å². The Morgan fingerprint density at radius 1 is 1.18 bits per heavy atom. The first-order valence-corrected chi connectivity index (χ1v) is 9.99. The average Bonchev–Trinajstić information content (AvgIpc) is 2.66. The number of nitrogens with one attached hydrogen (secondary N) is 2. The van der Waals surface area contributed by atoms with Crippen LogP contribution < -0.4 is 15.4 Å². The van der Waals surface area contributed by atoms with Crippen LogP contribution in [0.25, 0.3) is 0 Å². The maximum atomic E-state index is 13.2. The molecule has 0 radical (unpaired) electrons. The van der Waals surface area contributed by atoms with E-state index in [2.05, 4.69) is 32.3 Å². The summed E-state index contributed by atoms with van der Waals surface area (Å²) in [5.74, 6) is 1.03. The molecular weight excluding hydrogens is 472 g/mol. The summed E-state index contributed by atoms with van der Waals surface area (Å²) in [6.07, 6.45) is -0.135. The minimum Gasteiger partial charge on any atom is -0.489 e. The summed E-state index contributed by atoms with van der Waals surface area (Å²) in [5, 5.41) is 6.65. The van der Waals surface area contributed by atoms with Crippen molar-refractivity contribution in [2.45, 2.75) is 26.9 Å². The first-order valence-electron chi connectivity index (χ1n) is 9.99. The van der Waals surface area contributed by atoms with Crippen LogP contribution >= 0.6 is 24.0 Å². The van der Waals surface area contributed by atoms with Crippen LogP contribution in [0.3, 0.4) is 0 Å². The number of likely N-dealkylation sites (N-methyl/N-ethyl adjacent to an activating group) is 1. The molecule has 8 heteroatoms. The molecule has 1 heterocycles. The topological polar surface area (TPSA) is 52.1 Å². The number of guanidine groups is 1. The molecule has 28 heavy (non-hydrogen) atoms. The van der Waals surface area contributed by atoms with Crippen molar-refractivity contribution >= 4 is 29.9 Å². The van der Waals surface area contributed by atoms with Gasteiger partial charge in [0.2, 0.25) is 0 Å². The lowest BCUT2D eigenvalue weighted by atomic mass is 10.3. The fourth-order valence-corrected chi connectivity index (χ4v) is 3.03. The van der Waals surface area contributed by atoms with E-state index in [1.807, 2.05) is 13.8 Å². The number of rotatable bonds is 9. The highest BCUT2D eigenvalue weighted by Crippen LogP contribution is 2.13. The number of halogens is 2. The third-order valence-electron chi connectivity index (χ3n) is 4.62. The van der Waals surface area contributed by atoms with Crippen molar-refractivity contribution in [3.63, 3.8) is 0 Å². The van der Waals surface area contributed by atoms with Gasteiger partial charge in [-0.2, -0.15) is 0 Å². The van der Waals surface area contributed by atoms with Crippen molar-refractivity contribution in [1.82, 2.24) is 20.4 Å². The van der Waals surface area contributed by atoms with Gasteiger partial charge in [-0.1, -0.05) is 13.0 Å². The molecule has 1 aromatic rings. The fraction of sp³-hybridized carbons (Fsp3) is 0.650. The smallest absolute Gasteiger partial charge is 0.191 e. The summed E-state index contributed by atoms with van der Waals surface area (Å²) in [6.45, 7) is 15.1. The standard InChI is InChI=1S/C20H34FN5O.HI/c1-4-22-20(23-9-10-26-13-11-25(5-2)12-14-26)24-16-17(3)27-19-8-6-7-18(21)15-19;/h6-8,15,17H,4-5,9-14,16H2,1-3H3,(H2,22,23,24);1H. The van der Waals surface area contributed by atoms with E-state index < -0.39 is 0 Å². The molecule has 0 aliphatic carbocycles. The van der Waals surface area contributed by atoms with Crippen molar-refractivity contribution in [1.29, 1.82) is 0 Å². The number of benzene rings is 1. The van der Waals surface area contributed by atoms with Gasteiger partial charge in [0.15, 0.2) is 5.96 Å². The number of nitrogens with zero attached hydrogens (tertiary/aromatic N) is 3. The predicted molar refractivity (Wildman–Crippen MR) is 124 cm³/mol. The molecule has 6 nitrogen and oxygen atoms in total. The van der Waals surface area contributed by atoms with Gasteiger partial charge in [0.05, 0.1) is 6.54 Å². The maximum Gasteiger partial charge on any atom is 0.191 e. The molecular formula is C20H35FIN5O. The Kier molecular flexibility index (Phi) is 12.4. The lowest BCUT2D eigenvalue weighted by Gasteiger charge is -2.34. The molecule has 1 fully saturated rings. The van der Waals surface area contributed by atoms with Gasteiger partial charge in [0.1, 0.15) is 17.7 Å². The highest BCUT2D eigenvalue weighted by atomic mass is 127. The van der Waals surface area contributed by atoms with Crippen LogP contribution in [0.4, 0.5) is 4.39 Å². The van der Waals surface area contributed by atoms with Crippen molar-refractivity contribution in [3.05, 3.63) is 30.1 Å². The van der Waals surface area contributed by atoms with Crippen molar-refractivity contribution < 1.29 is 9.13 Å². The largest absolute Gasteiger partial charge is 0.489 e. The SMILES string of the molecule is CCNC(=NCC(C)Oc1cccc(F)c1)NCCN1CCN(CC)CC1.I. The van der Waals surface area contributed by atoms with Gasteiger partial charge in [-0.3, -0.25) is 4.90 Å². The maximum absolute atomic E-state index is 13.2. The average molecular weight is 507 g/mol. The second kappa shape index (κ2) is 13.9. The van der Waals surface area contributed by atoms with Crippen molar-refractivity contribution in [2.24, 2.45) is 4.99 Å².